The lowest BCUT2D eigenvalue weighted by Crippen LogP contribution is -2.30. The van der Waals surface area contributed by atoms with Gasteiger partial charge in [-0.3, -0.25) is 14.4 Å². The lowest BCUT2D eigenvalue weighted by molar-refractivity contribution is -0.167. The molecule has 1 unspecified atom stereocenters. The molecule has 0 aliphatic rings. The quantitative estimate of drug-likeness (QED) is 0.0261. The van der Waals surface area contributed by atoms with E-state index in [1.807, 2.05) is 0 Å². The summed E-state index contributed by atoms with van der Waals surface area (Å²) in [5, 5.41) is 0. The van der Waals surface area contributed by atoms with Gasteiger partial charge in [-0.25, -0.2) is 0 Å². The zero-order chi connectivity index (χ0) is 59.9. The second kappa shape index (κ2) is 71.3. The molecule has 0 radical (unpaired) electrons. The summed E-state index contributed by atoms with van der Waals surface area (Å²) in [5.74, 6) is -0.877. The van der Waals surface area contributed by atoms with Crippen molar-refractivity contribution in [2.75, 3.05) is 13.2 Å². The van der Waals surface area contributed by atoms with E-state index in [2.05, 4.69) is 93.7 Å². The van der Waals surface area contributed by atoms with Crippen LogP contribution in [0.5, 0.6) is 0 Å². The van der Waals surface area contributed by atoms with Gasteiger partial charge in [0.15, 0.2) is 6.10 Å². The van der Waals surface area contributed by atoms with E-state index in [0.29, 0.717) is 19.3 Å². The van der Waals surface area contributed by atoms with Crippen LogP contribution in [0.4, 0.5) is 0 Å². The lowest BCUT2D eigenvalue weighted by atomic mass is 10.0. The molecule has 0 aliphatic carbocycles. The Morgan fingerprint density at radius 3 is 0.747 bits per heavy atom. The molecule has 83 heavy (non-hydrogen) atoms. The van der Waals surface area contributed by atoms with Gasteiger partial charge >= 0.3 is 17.9 Å². The molecule has 0 fully saturated rings. The van der Waals surface area contributed by atoms with Gasteiger partial charge < -0.3 is 14.2 Å². The van der Waals surface area contributed by atoms with Crippen molar-refractivity contribution in [3.63, 3.8) is 0 Å². The number of carbonyl (C=O) groups excluding carboxylic acids is 3. The minimum atomic E-state index is -0.788. The van der Waals surface area contributed by atoms with Gasteiger partial charge in [-0.15, -0.1) is 0 Å². The van der Waals surface area contributed by atoms with Crippen molar-refractivity contribution in [2.45, 2.75) is 386 Å². The molecule has 0 heterocycles. The number of carbonyl (C=O) groups is 3. The molecule has 0 aromatic rings. The van der Waals surface area contributed by atoms with Gasteiger partial charge in [0.2, 0.25) is 0 Å². The summed E-state index contributed by atoms with van der Waals surface area (Å²) in [4.78, 5) is 38.5. The first-order valence-corrected chi connectivity index (χ1v) is 36.4. The molecule has 0 aromatic heterocycles. The van der Waals surface area contributed by atoms with E-state index in [-0.39, 0.29) is 31.1 Å². The highest BCUT2D eigenvalue weighted by molar-refractivity contribution is 5.71. The molecule has 0 spiro atoms. The number of hydrogen-bond acceptors (Lipinski definition) is 6. The first kappa shape index (κ1) is 79.8. The maximum atomic E-state index is 13.0. The first-order valence-electron chi connectivity index (χ1n) is 36.4. The van der Waals surface area contributed by atoms with Gasteiger partial charge in [0.05, 0.1) is 0 Å². The van der Waals surface area contributed by atoms with Gasteiger partial charge in [0.1, 0.15) is 13.2 Å². The Balaban J connectivity index is 4.35. The highest BCUT2D eigenvalue weighted by Gasteiger charge is 2.19. The SMILES string of the molecule is CC/C=C\C/C=C\C/C=C\C/C=C\C/C=C\CCCCCCCC(=O)OC(COC(=O)CCCCCCCCCCC/C=C\CCCCCCCC)COC(=O)CCCCCCCCCCCCCCCCCCCCCCCCCCC. The molecule has 0 saturated heterocycles. The second-order valence-electron chi connectivity index (χ2n) is 24.5. The van der Waals surface area contributed by atoms with Crippen LogP contribution < -0.4 is 0 Å². The van der Waals surface area contributed by atoms with Gasteiger partial charge in [-0.2, -0.15) is 0 Å². The number of unbranched alkanes of at least 4 members (excludes halogenated alkanes) is 44. The summed E-state index contributed by atoms with van der Waals surface area (Å²) in [6.07, 6.45) is 93.6. The van der Waals surface area contributed by atoms with E-state index in [4.69, 9.17) is 14.2 Å². The normalized spacial score (nSPS) is 12.5. The van der Waals surface area contributed by atoms with Gasteiger partial charge in [0, 0.05) is 19.3 Å². The largest absolute Gasteiger partial charge is 0.462 e. The molecule has 0 aliphatic heterocycles. The van der Waals surface area contributed by atoms with Crippen LogP contribution in [-0.2, 0) is 28.6 Å². The highest BCUT2D eigenvalue weighted by Crippen LogP contribution is 2.18. The van der Waals surface area contributed by atoms with Crippen LogP contribution >= 0.6 is 0 Å². The molecular weight excluding hydrogens is 1020 g/mol. The van der Waals surface area contributed by atoms with E-state index in [0.717, 1.165) is 109 Å². The average molecular weight is 1160 g/mol. The third kappa shape index (κ3) is 69.5. The Morgan fingerprint density at radius 1 is 0.253 bits per heavy atom. The summed E-state index contributed by atoms with van der Waals surface area (Å²) in [6, 6.07) is 0. The minimum Gasteiger partial charge on any atom is -0.462 e. The number of ether oxygens (including phenoxy) is 3. The Bertz CT molecular complexity index is 1520. The van der Waals surface area contributed by atoms with E-state index >= 15 is 0 Å². The summed E-state index contributed by atoms with van der Waals surface area (Å²) in [6.45, 7) is 6.57. The molecule has 0 rings (SSSR count). The van der Waals surface area contributed by atoms with Gasteiger partial charge in [0.25, 0.3) is 0 Å². The fourth-order valence-corrected chi connectivity index (χ4v) is 10.8. The standard InChI is InChI=1S/C77H138O6/c1-4-7-10-13-16-19-22-25-28-31-34-36-37-38-39-41-43-46-49-52-55-58-61-64-67-70-76(79)82-73-74(72-81-75(78)69-66-63-60-57-54-51-48-45-42-33-30-27-24-21-18-15-12-9-6-3)83-77(80)71-68-65-62-59-56-53-50-47-44-40-35-32-29-26-23-20-17-14-11-8-5-2/h8,11,17,20,26-27,29-30,35,40,47,50,74H,4-7,9-10,12-16,18-19,21-25,28,31-34,36-39,41-46,48-49,51-73H2,1-3H3/b11-8-,20-17-,29-26-,30-27-,40-35-,50-47-. The molecular formula is C77H138O6. The Kier molecular flexibility index (Phi) is 68.6. The van der Waals surface area contributed by atoms with Crippen LogP contribution in [0.25, 0.3) is 0 Å². The molecule has 6 heteroatoms. The Morgan fingerprint density at radius 2 is 0.470 bits per heavy atom. The second-order valence-corrected chi connectivity index (χ2v) is 24.5. The predicted octanol–water partition coefficient (Wildman–Crippen LogP) is 25.2. The fraction of sp³-hybridized carbons (Fsp3) is 0.805. The smallest absolute Gasteiger partial charge is 0.306 e. The van der Waals surface area contributed by atoms with Crippen LogP contribution in [0.15, 0.2) is 72.9 Å². The maximum Gasteiger partial charge on any atom is 0.306 e. The fourth-order valence-electron chi connectivity index (χ4n) is 10.8. The lowest BCUT2D eigenvalue weighted by Gasteiger charge is -2.18. The van der Waals surface area contributed by atoms with Crippen molar-refractivity contribution in [2.24, 2.45) is 0 Å². The van der Waals surface area contributed by atoms with E-state index in [9.17, 15) is 14.4 Å². The van der Waals surface area contributed by atoms with E-state index in [1.54, 1.807) is 0 Å². The predicted molar refractivity (Wildman–Crippen MR) is 362 cm³/mol. The number of allylic oxidation sites excluding steroid dienone is 12. The average Bonchev–Trinajstić information content (AvgIpc) is 3.50. The molecule has 0 amide bonds. The van der Waals surface area contributed by atoms with Crippen molar-refractivity contribution < 1.29 is 28.6 Å². The van der Waals surface area contributed by atoms with Crippen LogP contribution in [0.2, 0.25) is 0 Å². The third-order valence-corrected chi connectivity index (χ3v) is 16.2. The summed E-state index contributed by atoms with van der Waals surface area (Å²) in [5.41, 5.74) is 0. The Labute approximate surface area is 516 Å². The first-order chi connectivity index (χ1) is 41.0. The summed E-state index contributed by atoms with van der Waals surface area (Å²) < 4.78 is 17.0. The summed E-state index contributed by atoms with van der Waals surface area (Å²) in [7, 11) is 0. The van der Waals surface area contributed by atoms with Crippen molar-refractivity contribution in [1.29, 1.82) is 0 Å². The van der Waals surface area contributed by atoms with Crippen LogP contribution in [-0.4, -0.2) is 37.2 Å². The number of hydrogen-bond donors (Lipinski definition) is 0. The van der Waals surface area contributed by atoms with E-state index < -0.39 is 6.10 Å². The van der Waals surface area contributed by atoms with Crippen LogP contribution in [0.1, 0.15) is 380 Å². The van der Waals surface area contributed by atoms with Crippen molar-refractivity contribution >= 4 is 17.9 Å². The highest BCUT2D eigenvalue weighted by atomic mass is 16.6. The molecule has 482 valence electrons. The van der Waals surface area contributed by atoms with E-state index in [1.165, 1.54) is 231 Å². The molecule has 0 saturated carbocycles. The maximum absolute atomic E-state index is 13.0. The molecule has 0 bridgehead atoms. The number of rotatable bonds is 67. The molecule has 6 nitrogen and oxygen atoms in total. The van der Waals surface area contributed by atoms with Crippen molar-refractivity contribution in [1.82, 2.24) is 0 Å². The Hall–Kier alpha value is -3.15. The van der Waals surface area contributed by atoms with Gasteiger partial charge in [-0.05, 0) is 89.9 Å². The zero-order valence-corrected chi connectivity index (χ0v) is 55.5. The topological polar surface area (TPSA) is 78.9 Å². The zero-order valence-electron chi connectivity index (χ0n) is 55.5. The monoisotopic (exact) mass is 1160 g/mol. The molecule has 0 aromatic carbocycles. The third-order valence-electron chi connectivity index (χ3n) is 16.2. The minimum absolute atomic E-state index is 0.0803. The van der Waals surface area contributed by atoms with Crippen molar-refractivity contribution in [3.05, 3.63) is 72.9 Å². The van der Waals surface area contributed by atoms with Crippen LogP contribution in [0, 0.1) is 0 Å². The number of esters is 3. The van der Waals surface area contributed by atoms with Crippen molar-refractivity contribution in [3.8, 4) is 0 Å². The summed E-state index contributed by atoms with van der Waals surface area (Å²) >= 11 is 0. The molecule has 1 atom stereocenters. The van der Waals surface area contributed by atoms with Crippen LogP contribution in [0.3, 0.4) is 0 Å². The molecule has 0 N–H and O–H groups in total. The van der Waals surface area contributed by atoms with Gasteiger partial charge in [-0.1, -0.05) is 344 Å².